The van der Waals surface area contributed by atoms with Gasteiger partial charge in [0.25, 0.3) is 0 Å². The monoisotopic (exact) mass is 436 g/mol. The Labute approximate surface area is 176 Å². The summed E-state index contributed by atoms with van der Waals surface area (Å²) in [5.41, 5.74) is 0.927. The normalized spacial score (nSPS) is 24.1. The van der Waals surface area contributed by atoms with Gasteiger partial charge in [0, 0.05) is 21.5 Å². The topological polar surface area (TPSA) is 24.4 Å². The van der Waals surface area contributed by atoms with E-state index in [2.05, 4.69) is 5.32 Å². The third-order valence-electron chi connectivity index (χ3n) is 5.16. The molecular formula is C22H17Cl2F3N2. The van der Waals surface area contributed by atoms with Gasteiger partial charge in [-0.3, -0.25) is 4.99 Å². The van der Waals surface area contributed by atoms with E-state index in [0.29, 0.717) is 21.5 Å². The molecule has 150 valence electrons. The number of hydrogen-bond acceptors (Lipinski definition) is 2. The Morgan fingerprint density at radius 2 is 1.66 bits per heavy atom. The van der Waals surface area contributed by atoms with Gasteiger partial charge >= 0.3 is 6.18 Å². The van der Waals surface area contributed by atoms with Crippen LogP contribution in [0.5, 0.6) is 0 Å². The number of nitrogens with zero attached hydrogens (tertiary/aromatic N) is 1. The Balaban J connectivity index is 1.65. The van der Waals surface area contributed by atoms with Gasteiger partial charge in [-0.1, -0.05) is 59.6 Å². The van der Waals surface area contributed by atoms with Crippen molar-refractivity contribution in [3.05, 3.63) is 93.5 Å². The first-order valence-electron chi connectivity index (χ1n) is 9.12. The van der Waals surface area contributed by atoms with Crippen molar-refractivity contribution in [3.8, 4) is 0 Å². The Morgan fingerprint density at radius 3 is 2.24 bits per heavy atom. The zero-order valence-corrected chi connectivity index (χ0v) is 16.6. The maximum atomic E-state index is 12.9. The SMILES string of the molecule is FC(F)(F)c1ccc(C2=N[C@H](c3ccc(Cl)cc3)[C@H](C3C=CC(Cl)=CC3)N2)cc1. The van der Waals surface area contributed by atoms with Gasteiger partial charge in [0.05, 0.1) is 17.6 Å². The Kier molecular flexibility index (Phi) is 5.45. The van der Waals surface area contributed by atoms with E-state index in [0.717, 1.165) is 24.1 Å². The number of alkyl halides is 3. The highest BCUT2D eigenvalue weighted by atomic mass is 35.5. The molecule has 0 amide bonds. The summed E-state index contributed by atoms with van der Waals surface area (Å²) in [7, 11) is 0. The molecule has 2 aromatic carbocycles. The Hall–Kier alpha value is -2.24. The number of hydrogen-bond donors (Lipinski definition) is 1. The Bertz CT molecular complexity index is 977. The fourth-order valence-corrected chi connectivity index (χ4v) is 3.92. The quantitative estimate of drug-likeness (QED) is 0.581. The molecule has 0 spiro atoms. The fourth-order valence-electron chi connectivity index (χ4n) is 3.63. The van der Waals surface area contributed by atoms with Crippen LogP contribution in [0.2, 0.25) is 5.02 Å². The maximum absolute atomic E-state index is 12.9. The second-order valence-corrected chi connectivity index (χ2v) is 7.94. The average Bonchev–Trinajstić information content (AvgIpc) is 3.14. The molecule has 0 aromatic heterocycles. The first-order chi connectivity index (χ1) is 13.8. The molecule has 0 fully saturated rings. The highest BCUT2D eigenvalue weighted by Crippen LogP contribution is 2.36. The largest absolute Gasteiger partial charge is 0.416 e. The number of allylic oxidation sites excluding steroid dienone is 3. The smallest absolute Gasteiger partial charge is 0.364 e. The van der Waals surface area contributed by atoms with Crippen LogP contribution < -0.4 is 5.32 Å². The van der Waals surface area contributed by atoms with E-state index in [4.69, 9.17) is 28.2 Å². The summed E-state index contributed by atoms with van der Waals surface area (Å²) >= 11 is 12.1. The predicted octanol–water partition coefficient (Wildman–Crippen LogP) is 6.52. The van der Waals surface area contributed by atoms with Crippen LogP contribution in [-0.4, -0.2) is 11.9 Å². The third kappa shape index (κ3) is 4.36. The van der Waals surface area contributed by atoms with Gasteiger partial charge in [0.15, 0.2) is 0 Å². The molecule has 1 aliphatic heterocycles. The van der Waals surface area contributed by atoms with Crippen molar-refractivity contribution in [2.75, 3.05) is 0 Å². The second-order valence-electron chi connectivity index (χ2n) is 7.07. The number of rotatable bonds is 3. The van der Waals surface area contributed by atoms with Crippen LogP contribution in [0.15, 0.2) is 76.8 Å². The molecule has 7 heteroatoms. The van der Waals surface area contributed by atoms with Crippen LogP contribution in [0.25, 0.3) is 0 Å². The lowest BCUT2D eigenvalue weighted by Crippen LogP contribution is -2.38. The standard InChI is InChI=1S/C22H17Cl2F3N2/c23-17-9-3-13(4-10-17)19-20(14-5-11-18(24)12-6-14)29-21(28-19)15-1-7-16(8-2-15)22(25,26)27/h1-5,7-12,14,19-20H,6H2,(H,28,29)/t14?,19-,20+/m1/s1. The number of halogens is 5. The van der Waals surface area contributed by atoms with E-state index in [1.54, 1.807) is 0 Å². The highest BCUT2D eigenvalue weighted by molar-refractivity contribution is 6.31. The summed E-state index contributed by atoms with van der Waals surface area (Å²) in [5, 5.41) is 4.76. The van der Waals surface area contributed by atoms with Crippen molar-refractivity contribution in [3.63, 3.8) is 0 Å². The van der Waals surface area contributed by atoms with E-state index in [9.17, 15) is 13.2 Å². The highest BCUT2D eigenvalue weighted by Gasteiger charge is 2.36. The molecule has 1 aliphatic carbocycles. The molecule has 0 saturated heterocycles. The van der Waals surface area contributed by atoms with Crippen molar-refractivity contribution in [2.24, 2.45) is 10.9 Å². The van der Waals surface area contributed by atoms with Crippen molar-refractivity contribution >= 4 is 29.0 Å². The fraction of sp³-hybridized carbons (Fsp3) is 0.227. The minimum absolute atomic E-state index is 0.0502. The summed E-state index contributed by atoms with van der Waals surface area (Å²) in [6.45, 7) is 0. The molecule has 1 N–H and O–H groups in total. The van der Waals surface area contributed by atoms with Gasteiger partial charge in [-0.15, -0.1) is 0 Å². The van der Waals surface area contributed by atoms with E-state index in [1.807, 2.05) is 42.5 Å². The average molecular weight is 437 g/mol. The predicted molar refractivity (Wildman–Crippen MR) is 110 cm³/mol. The van der Waals surface area contributed by atoms with Gasteiger partial charge < -0.3 is 5.32 Å². The minimum Gasteiger partial charge on any atom is -0.364 e. The molecule has 0 saturated carbocycles. The van der Waals surface area contributed by atoms with Gasteiger partial charge in [-0.2, -0.15) is 13.2 Å². The van der Waals surface area contributed by atoms with Crippen molar-refractivity contribution in [1.82, 2.24) is 5.32 Å². The van der Waals surface area contributed by atoms with Gasteiger partial charge in [0.1, 0.15) is 5.84 Å². The number of nitrogens with one attached hydrogen (secondary N) is 1. The molecular weight excluding hydrogens is 420 g/mol. The Morgan fingerprint density at radius 1 is 0.966 bits per heavy atom. The van der Waals surface area contributed by atoms with Crippen LogP contribution in [0.3, 0.4) is 0 Å². The molecule has 2 aliphatic rings. The molecule has 0 bridgehead atoms. The first-order valence-corrected chi connectivity index (χ1v) is 9.88. The zero-order valence-electron chi connectivity index (χ0n) is 15.1. The van der Waals surface area contributed by atoms with Crippen LogP contribution in [0.1, 0.15) is 29.2 Å². The van der Waals surface area contributed by atoms with Gasteiger partial charge in [-0.25, -0.2) is 0 Å². The summed E-state index contributed by atoms with van der Waals surface area (Å²) < 4.78 is 38.6. The lowest BCUT2D eigenvalue weighted by atomic mass is 9.86. The van der Waals surface area contributed by atoms with Crippen LogP contribution in [-0.2, 0) is 6.18 Å². The summed E-state index contributed by atoms with van der Waals surface area (Å²) in [6.07, 6.45) is 2.27. The van der Waals surface area contributed by atoms with Crippen LogP contribution >= 0.6 is 23.2 Å². The zero-order chi connectivity index (χ0) is 20.6. The summed E-state index contributed by atoms with van der Waals surface area (Å²) in [6, 6.07) is 12.3. The maximum Gasteiger partial charge on any atom is 0.416 e. The molecule has 1 heterocycles. The van der Waals surface area contributed by atoms with Crippen LogP contribution in [0, 0.1) is 5.92 Å². The number of aliphatic imine (C=N–C) groups is 1. The van der Waals surface area contributed by atoms with Crippen LogP contribution in [0.4, 0.5) is 13.2 Å². The minimum atomic E-state index is -4.36. The number of amidine groups is 1. The van der Waals surface area contributed by atoms with Gasteiger partial charge in [0.2, 0.25) is 0 Å². The lowest BCUT2D eigenvalue weighted by Gasteiger charge is -2.27. The molecule has 0 radical (unpaired) electrons. The molecule has 3 atom stereocenters. The number of benzene rings is 2. The van der Waals surface area contributed by atoms with Gasteiger partial charge in [-0.05, 0) is 42.3 Å². The van der Waals surface area contributed by atoms with Crippen molar-refractivity contribution < 1.29 is 13.2 Å². The molecule has 2 nitrogen and oxygen atoms in total. The second kappa shape index (κ2) is 7.88. The van der Waals surface area contributed by atoms with Crippen molar-refractivity contribution in [1.29, 1.82) is 0 Å². The van der Waals surface area contributed by atoms with E-state index in [-0.39, 0.29) is 18.0 Å². The van der Waals surface area contributed by atoms with E-state index >= 15 is 0 Å². The molecule has 2 aromatic rings. The first kappa shape index (κ1) is 20.0. The van der Waals surface area contributed by atoms with E-state index in [1.165, 1.54) is 12.1 Å². The summed E-state index contributed by atoms with van der Waals surface area (Å²) in [4.78, 5) is 4.82. The molecule has 4 rings (SSSR count). The summed E-state index contributed by atoms with van der Waals surface area (Å²) in [5.74, 6) is 0.728. The molecule has 29 heavy (non-hydrogen) atoms. The lowest BCUT2D eigenvalue weighted by molar-refractivity contribution is -0.137. The molecule has 1 unspecified atom stereocenters. The third-order valence-corrected chi connectivity index (χ3v) is 5.69. The van der Waals surface area contributed by atoms with Crippen molar-refractivity contribution in [2.45, 2.75) is 24.7 Å². The van der Waals surface area contributed by atoms with E-state index < -0.39 is 11.7 Å².